The quantitative estimate of drug-likeness (QED) is 0.126. The van der Waals surface area contributed by atoms with Crippen LogP contribution in [0.5, 0.6) is 0 Å². The maximum Gasteiger partial charge on any atom is 0.217 e. The molecule has 3 fully saturated rings. The van der Waals surface area contributed by atoms with Crippen LogP contribution in [0.1, 0.15) is 6.92 Å². The number of methoxy groups -OCH3 is 1. The van der Waals surface area contributed by atoms with Gasteiger partial charge in [0.1, 0.15) is 73.2 Å². The fourth-order valence-electron chi connectivity index (χ4n) is 4.72. The van der Waals surface area contributed by atoms with Gasteiger partial charge in [0.25, 0.3) is 0 Å². The minimum absolute atomic E-state index is 0.666. The number of aliphatic hydroxyl groups is 9. The van der Waals surface area contributed by atoms with E-state index in [-0.39, 0.29) is 0 Å². The zero-order valence-corrected chi connectivity index (χ0v) is 20.7. The van der Waals surface area contributed by atoms with E-state index < -0.39 is 118 Å². The molecule has 17 heteroatoms. The van der Waals surface area contributed by atoms with Gasteiger partial charge < -0.3 is 79.7 Å². The molecule has 0 spiro atoms. The predicted octanol–water partition coefficient (Wildman–Crippen LogP) is -6.78. The molecule has 0 unspecified atom stereocenters. The Morgan fingerprint density at radius 2 is 1.16 bits per heavy atom. The Morgan fingerprint density at radius 1 is 0.684 bits per heavy atom. The molecule has 3 aliphatic rings. The lowest BCUT2D eigenvalue weighted by atomic mass is 9.94. The van der Waals surface area contributed by atoms with Gasteiger partial charge in [0.2, 0.25) is 5.91 Å². The summed E-state index contributed by atoms with van der Waals surface area (Å²) in [5, 5.41) is 94.0. The van der Waals surface area contributed by atoms with Gasteiger partial charge in [-0.25, -0.2) is 0 Å². The highest BCUT2D eigenvalue weighted by molar-refractivity contribution is 5.73. The van der Waals surface area contributed by atoms with Crippen molar-refractivity contribution in [3.8, 4) is 0 Å². The van der Waals surface area contributed by atoms with Crippen LogP contribution < -0.4 is 5.32 Å². The van der Waals surface area contributed by atoms with E-state index in [0.29, 0.717) is 0 Å². The summed E-state index contributed by atoms with van der Waals surface area (Å²) in [4.78, 5) is 12.1. The van der Waals surface area contributed by atoms with Gasteiger partial charge in [-0.3, -0.25) is 4.79 Å². The molecule has 3 heterocycles. The van der Waals surface area contributed by atoms with Crippen molar-refractivity contribution in [2.45, 2.75) is 99.0 Å². The van der Waals surface area contributed by atoms with Crippen LogP contribution in [0.4, 0.5) is 0 Å². The molecule has 0 saturated carbocycles. The van der Waals surface area contributed by atoms with Crippen molar-refractivity contribution < 1.29 is 79.2 Å². The molecule has 10 N–H and O–H groups in total. The summed E-state index contributed by atoms with van der Waals surface area (Å²) >= 11 is 0. The van der Waals surface area contributed by atoms with Gasteiger partial charge in [0, 0.05) is 14.0 Å². The number of carbonyl (C=O) groups excluding carboxylic acids is 1. The second kappa shape index (κ2) is 13.5. The van der Waals surface area contributed by atoms with E-state index in [2.05, 4.69) is 5.32 Å². The smallest absolute Gasteiger partial charge is 0.217 e. The number of carbonyl (C=O) groups is 1. The van der Waals surface area contributed by atoms with Crippen molar-refractivity contribution in [2.75, 3.05) is 26.9 Å². The summed E-state index contributed by atoms with van der Waals surface area (Å²) < 4.78 is 32.6. The Labute approximate surface area is 217 Å². The lowest BCUT2D eigenvalue weighted by Crippen LogP contribution is -2.69. The summed E-state index contributed by atoms with van der Waals surface area (Å²) in [5.41, 5.74) is 0. The third-order valence-electron chi connectivity index (χ3n) is 6.74. The third kappa shape index (κ3) is 6.43. The van der Waals surface area contributed by atoms with Crippen LogP contribution in [0.25, 0.3) is 0 Å². The Morgan fingerprint density at radius 3 is 1.68 bits per heavy atom. The van der Waals surface area contributed by atoms with Crippen molar-refractivity contribution in [3.05, 3.63) is 0 Å². The highest BCUT2D eigenvalue weighted by Crippen LogP contribution is 2.32. The van der Waals surface area contributed by atoms with Crippen LogP contribution in [0, 0.1) is 0 Å². The lowest BCUT2D eigenvalue weighted by Gasteiger charge is -2.49. The van der Waals surface area contributed by atoms with Gasteiger partial charge in [-0.05, 0) is 0 Å². The number of nitrogens with one attached hydrogen (secondary N) is 1. The predicted molar refractivity (Wildman–Crippen MR) is 118 cm³/mol. The highest BCUT2D eigenvalue weighted by atomic mass is 16.7. The maximum absolute atomic E-state index is 12.1. The second-order valence-corrected chi connectivity index (χ2v) is 9.28. The van der Waals surface area contributed by atoms with Gasteiger partial charge in [-0.15, -0.1) is 0 Å². The molecule has 1 amide bonds. The molecule has 3 rings (SSSR count). The summed E-state index contributed by atoms with van der Waals surface area (Å²) in [6.07, 6.45) is -21.9. The second-order valence-electron chi connectivity index (χ2n) is 9.28. The first-order valence-electron chi connectivity index (χ1n) is 12.0. The molecule has 15 atom stereocenters. The van der Waals surface area contributed by atoms with E-state index in [1.165, 1.54) is 7.11 Å². The topological polar surface area (TPSA) is 267 Å². The number of amides is 1. The number of ether oxygens (including phenoxy) is 6. The minimum atomic E-state index is -1.87. The summed E-state index contributed by atoms with van der Waals surface area (Å²) in [6, 6.07) is -1.44. The maximum atomic E-state index is 12.1. The lowest BCUT2D eigenvalue weighted by molar-refractivity contribution is -0.364. The largest absolute Gasteiger partial charge is 0.394 e. The van der Waals surface area contributed by atoms with E-state index in [0.717, 1.165) is 6.92 Å². The average Bonchev–Trinajstić information content (AvgIpc) is 2.88. The van der Waals surface area contributed by atoms with E-state index in [9.17, 15) is 50.8 Å². The normalized spacial score (nSPS) is 48.0. The Bertz CT molecular complexity index is 763. The van der Waals surface area contributed by atoms with E-state index in [1.807, 2.05) is 0 Å². The van der Waals surface area contributed by atoms with Gasteiger partial charge in [0.15, 0.2) is 18.9 Å². The fourth-order valence-corrected chi connectivity index (χ4v) is 4.72. The zero-order valence-electron chi connectivity index (χ0n) is 20.7. The zero-order chi connectivity index (χ0) is 28.3. The molecule has 3 aliphatic heterocycles. The molecule has 0 aromatic heterocycles. The fraction of sp³-hybridized carbons (Fsp3) is 0.952. The number of aliphatic hydroxyl groups excluding tert-OH is 9. The van der Waals surface area contributed by atoms with E-state index in [4.69, 9.17) is 28.4 Å². The van der Waals surface area contributed by atoms with E-state index >= 15 is 0 Å². The summed E-state index contributed by atoms with van der Waals surface area (Å²) in [6.45, 7) is -1.10. The van der Waals surface area contributed by atoms with Crippen LogP contribution in [-0.4, -0.2) is 171 Å². The van der Waals surface area contributed by atoms with Gasteiger partial charge in [-0.1, -0.05) is 0 Å². The number of rotatable bonds is 9. The molecular weight excluding hydrogens is 522 g/mol. The SMILES string of the molecule is CO[C@H]1[C@@H](O)[C@@H](CO)O[C@@H](O[C@H]2[C@H](O)[C@@H](CO)O[C@@H](O[C@@H]3[C@@H](O)[C@H](O)O[C@H](CO)[C@@H]3O)[C@@H]2NC(C)=O)[C@@H]1O. The van der Waals surface area contributed by atoms with Gasteiger partial charge in [0.05, 0.1) is 19.8 Å². The molecule has 17 nitrogen and oxygen atoms in total. The highest BCUT2D eigenvalue weighted by Gasteiger charge is 2.54. The molecule has 0 radical (unpaired) electrons. The van der Waals surface area contributed by atoms with Gasteiger partial charge in [-0.2, -0.15) is 0 Å². The van der Waals surface area contributed by atoms with Crippen molar-refractivity contribution in [2.24, 2.45) is 0 Å². The van der Waals surface area contributed by atoms with E-state index in [1.54, 1.807) is 0 Å². The standard InChI is InChI=1S/C21H37NO16/c1-6(26)22-10-16(37-21-15(31)17(33-2)12(28)9(5-25)36-21)11(27)8(4-24)35-20(10)38-18-13(29)7(3-23)34-19(32)14(18)30/h7-21,23-25,27-32H,3-5H2,1-2H3,(H,22,26)/t7-,8-,9-,10-,11-,12+,13+,14-,15-,16-,17+,18+,19-,20+,21+/m1/s1. The molecule has 0 aromatic rings. The van der Waals surface area contributed by atoms with Crippen molar-refractivity contribution in [1.29, 1.82) is 0 Å². The molecule has 0 bridgehead atoms. The van der Waals surface area contributed by atoms with Crippen molar-refractivity contribution in [3.63, 3.8) is 0 Å². The third-order valence-corrected chi connectivity index (χ3v) is 6.74. The van der Waals surface area contributed by atoms with Crippen LogP contribution in [-0.2, 0) is 33.2 Å². The Balaban J connectivity index is 1.91. The molecule has 3 saturated heterocycles. The minimum Gasteiger partial charge on any atom is -0.394 e. The Kier molecular flexibility index (Phi) is 11.1. The number of hydrogen-bond donors (Lipinski definition) is 10. The van der Waals surface area contributed by atoms with Crippen LogP contribution >= 0.6 is 0 Å². The summed E-state index contributed by atoms with van der Waals surface area (Å²) in [5.74, 6) is -0.666. The van der Waals surface area contributed by atoms with Crippen LogP contribution in [0.15, 0.2) is 0 Å². The first-order valence-corrected chi connectivity index (χ1v) is 12.0. The van der Waals surface area contributed by atoms with Crippen molar-refractivity contribution in [1.82, 2.24) is 5.32 Å². The first kappa shape index (κ1) is 31.4. The number of hydrogen-bond acceptors (Lipinski definition) is 16. The average molecular weight is 560 g/mol. The molecule has 0 aliphatic carbocycles. The van der Waals surface area contributed by atoms with Gasteiger partial charge >= 0.3 is 0 Å². The van der Waals surface area contributed by atoms with Crippen molar-refractivity contribution >= 4 is 5.91 Å². The molecule has 222 valence electrons. The monoisotopic (exact) mass is 559 g/mol. The van der Waals surface area contributed by atoms with Crippen LogP contribution in [0.3, 0.4) is 0 Å². The molecule has 38 heavy (non-hydrogen) atoms. The Hall–Kier alpha value is -1.13. The molecule has 0 aromatic carbocycles. The van der Waals surface area contributed by atoms with Crippen LogP contribution in [0.2, 0.25) is 0 Å². The first-order chi connectivity index (χ1) is 18.0. The summed E-state index contributed by atoms with van der Waals surface area (Å²) in [7, 11) is 1.20. The molecular formula is C21H37NO16.